The van der Waals surface area contributed by atoms with Crippen LogP contribution < -0.4 is 10.6 Å². The molecule has 0 spiro atoms. The summed E-state index contributed by atoms with van der Waals surface area (Å²) in [7, 11) is 0. The van der Waals surface area contributed by atoms with Crippen LogP contribution in [0.5, 0.6) is 0 Å². The van der Waals surface area contributed by atoms with E-state index in [0.717, 1.165) is 5.56 Å². The van der Waals surface area contributed by atoms with E-state index in [4.69, 9.17) is 5.11 Å². The van der Waals surface area contributed by atoms with Crippen molar-refractivity contribution in [3.63, 3.8) is 0 Å². The molecule has 0 saturated carbocycles. The number of benzene rings is 1. The van der Waals surface area contributed by atoms with Crippen LogP contribution in [0.1, 0.15) is 12.5 Å². The van der Waals surface area contributed by atoms with Crippen LogP contribution in [0.25, 0.3) is 0 Å². The number of hydrogen-bond donors (Lipinski definition) is 3. The second-order valence-corrected chi connectivity index (χ2v) is 3.03. The summed E-state index contributed by atoms with van der Waals surface area (Å²) in [5.74, 6) is 5.32. The lowest BCUT2D eigenvalue weighted by molar-refractivity contribution is 0.252. The van der Waals surface area contributed by atoms with Crippen molar-refractivity contribution in [2.24, 2.45) is 0 Å². The van der Waals surface area contributed by atoms with Crippen molar-refractivity contribution in [2.45, 2.75) is 6.92 Å². The zero-order chi connectivity index (χ0) is 11.8. The van der Waals surface area contributed by atoms with Crippen LogP contribution in [-0.2, 0) is 0 Å². The molecule has 0 atom stereocenters. The molecule has 0 unspecified atom stereocenters. The van der Waals surface area contributed by atoms with Crippen molar-refractivity contribution < 1.29 is 9.90 Å². The number of aliphatic hydroxyl groups is 1. The lowest BCUT2D eigenvalue weighted by Gasteiger charge is -2.05. The average Bonchev–Trinajstić information content (AvgIpc) is 2.27. The van der Waals surface area contributed by atoms with Crippen LogP contribution in [0.4, 0.5) is 10.5 Å². The van der Waals surface area contributed by atoms with E-state index in [-0.39, 0.29) is 12.6 Å². The summed E-state index contributed by atoms with van der Waals surface area (Å²) < 4.78 is 0. The van der Waals surface area contributed by atoms with Crippen LogP contribution in [0.3, 0.4) is 0 Å². The maximum Gasteiger partial charge on any atom is 0.319 e. The average molecular weight is 218 g/mol. The summed E-state index contributed by atoms with van der Waals surface area (Å²) in [6.45, 7) is 2.26. The van der Waals surface area contributed by atoms with Gasteiger partial charge in [0.05, 0.1) is 0 Å². The molecule has 0 aliphatic rings. The molecule has 3 N–H and O–H groups in total. The quantitative estimate of drug-likeness (QED) is 0.652. The number of carbonyl (C=O) groups excluding carboxylic acids is 1. The predicted molar refractivity (Wildman–Crippen MR) is 63.1 cm³/mol. The molecule has 4 heteroatoms. The highest BCUT2D eigenvalue weighted by atomic mass is 16.2. The smallest absolute Gasteiger partial charge is 0.319 e. The molecule has 16 heavy (non-hydrogen) atoms. The molecule has 0 fully saturated rings. The summed E-state index contributed by atoms with van der Waals surface area (Å²) >= 11 is 0. The molecule has 0 aromatic heterocycles. The van der Waals surface area contributed by atoms with Gasteiger partial charge in [-0.05, 0) is 25.1 Å². The van der Waals surface area contributed by atoms with Crippen molar-refractivity contribution in [2.75, 3.05) is 18.5 Å². The first-order valence-electron chi connectivity index (χ1n) is 5.01. The summed E-state index contributed by atoms with van der Waals surface area (Å²) in [6.07, 6.45) is 0. The zero-order valence-corrected chi connectivity index (χ0v) is 9.08. The van der Waals surface area contributed by atoms with E-state index in [0.29, 0.717) is 12.2 Å². The Balaban J connectivity index is 2.71. The van der Waals surface area contributed by atoms with Gasteiger partial charge in [-0.25, -0.2) is 4.79 Å². The Kier molecular flexibility index (Phi) is 4.90. The Morgan fingerprint density at radius 2 is 2.31 bits per heavy atom. The Bertz CT molecular complexity index is 419. The summed E-state index contributed by atoms with van der Waals surface area (Å²) in [6, 6.07) is 6.89. The van der Waals surface area contributed by atoms with Crippen molar-refractivity contribution in [1.29, 1.82) is 0 Å². The number of carbonyl (C=O) groups is 1. The van der Waals surface area contributed by atoms with Crippen molar-refractivity contribution in [1.82, 2.24) is 5.32 Å². The van der Waals surface area contributed by atoms with Crippen molar-refractivity contribution >= 4 is 11.7 Å². The lowest BCUT2D eigenvalue weighted by Crippen LogP contribution is -2.28. The van der Waals surface area contributed by atoms with Crippen molar-refractivity contribution in [3.05, 3.63) is 29.8 Å². The number of rotatable bonds is 2. The first kappa shape index (κ1) is 12.1. The molecule has 0 bridgehead atoms. The second-order valence-electron chi connectivity index (χ2n) is 3.03. The first-order valence-corrected chi connectivity index (χ1v) is 5.01. The molecule has 0 heterocycles. The number of urea groups is 1. The van der Waals surface area contributed by atoms with Crippen LogP contribution in [0.15, 0.2) is 24.3 Å². The Morgan fingerprint density at radius 1 is 1.50 bits per heavy atom. The zero-order valence-electron chi connectivity index (χ0n) is 9.08. The molecular weight excluding hydrogens is 204 g/mol. The van der Waals surface area contributed by atoms with Gasteiger partial charge in [-0.2, -0.15) is 0 Å². The molecule has 0 aliphatic carbocycles. The second kappa shape index (κ2) is 6.49. The van der Waals surface area contributed by atoms with Gasteiger partial charge in [0, 0.05) is 17.8 Å². The van der Waals surface area contributed by atoms with E-state index < -0.39 is 0 Å². The number of aliphatic hydroxyl groups excluding tert-OH is 1. The molecule has 2 amide bonds. The maximum absolute atomic E-state index is 11.2. The lowest BCUT2D eigenvalue weighted by atomic mass is 10.2. The molecule has 0 radical (unpaired) electrons. The fourth-order valence-electron chi connectivity index (χ4n) is 1.15. The van der Waals surface area contributed by atoms with Gasteiger partial charge in [-0.3, -0.25) is 0 Å². The van der Waals surface area contributed by atoms with Crippen LogP contribution in [0.2, 0.25) is 0 Å². The monoisotopic (exact) mass is 218 g/mol. The maximum atomic E-state index is 11.2. The molecule has 4 nitrogen and oxygen atoms in total. The van der Waals surface area contributed by atoms with E-state index in [1.807, 2.05) is 13.0 Å². The topological polar surface area (TPSA) is 61.4 Å². The fourth-order valence-corrected chi connectivity index (χ4v) is 1.15. The van der Waals surface area contributed by atoms with Gasteiger partial charge in [-0.1, -0.05) is 17.9 Å². The summed E-state index contributed by atoms with van der Waals surface area (Å²) in [5, 5.41) is 13.9. The summed E-state index contributed by atoms with van der Waals surface area (Å²) in [5.41, 5.74) is 1.43. The highest BCUT2D eigenvalue weighted by molar-refractivity contribution is 5.89. The number of anilines is 1. The Labute approximate surface area is 94.7 Å². The predicted octanol–water partition coefficient (Wildman–Crippen LogP) is 1.17. The van der Waals surface area contributed by atoms with Gasteiger partial charge in [-0.15, -0.1) is 0 Å². The van der Waals surface area contributed by atoms with Gasteiger partial charge in [0.1, 0.15) is 6.61 Å². The van der Waals surface area contributed by atoms with E-state index in [2.05, 4.69) is 22.5 Å². The first-order chi connectivity index (χ1) is 7.76. The number of nitrogens with one attached hydrogen (secondary N) is 2. The van der Waals surface area contributed by atoms with Gasteiger partial charge < -0.3 is 15.7 Å². The number of amides is 2. The highest BCUT2D eigenvalue weighted by Gasteiger charge is 1.99. The standard InChI is InChI=1S/C12H14N2O2/c1-2-13-12(16)14-11-7-3-5-10(9-11)6-4-8-15/h3,5,7,9,15H,2,8H2,1H3,(H2,13,14,16). The minimum Gasteiger partial charge on any atom is -0.384 e. The normalized spacial score (nSPS) is 8.88. The number of hydrogen-bond acceptors (Lipinski definition) is 2. The van der Waals surface area contributed by atoms with Crippen LogP contribution in [-0.4, -0.2) is 24.3 Å². The van der Waals surface area contributed by atoms with Gasteiger partial charge >= 0.3 is 6.03 Å². The third-order valence-electron chi connectivity index (χ3n) is 1.77. The molecular formula is C12H14N2O2. The third kappa shape index (κ3) is 4.03. The fraction of sp³-hybridized carbons (Fsp3) is 0.250. The van der Waals surface area contributed by atoms with E-state index in [1.165, 1.54) is 0 Å². The minimum absolute atomic E-state index is 0.173. The third-order valence-corrected chi connectivity index (χ3v) is 1.77. The molecule has 84 valence electrons. The Hall–Kier alpha value is -1.99. The van der Waals surface area contributed by atoms with Crippen LogP contribution >= 0.6 is 0 Å². The minimum atomic E-state index is -0.241. The van der Waals surface area contributed by atoms with E-state index >= 15 is 0 Å². The van der Waals surface area contributed by atoms with Crippen molar-refractivity contribution in [3.8, 4) is 11.8 Å². The Morgan fingerprint density at radius 3 is 3.00 bits per heavy atom. The highest BCUT2D eigenvalue weighted by Crippen LogP contribution is 2.09. The molecule has 0 aliphatic heterocycles. The SMILES string of the molecule is CCNC(=O)Nc1cccc(C#CCO)c1. The van der Waals surface area contributed by atoms with Gasteiger partial charge in [0.15, 0.2) is 0 Å². The molecule has 1 rings (SSSR count). The largest absolute Gasteiger partial charge is 0.384 e. The molecule has 0 saturated heterocycles. The van der Waals surface area contributed by atoms with Gasteiger partial charge in [0.2, 0.25) is 0 Å². The van der Waals surface area contributed by atoms with Gasteiger partial charge in [0.25, 0.3) is 0 Å². The van der Waals surface area contributed by atoms with Crippen LogP contribution in [0, 0.1) is 11.8 Å². The van der Waals surface area contributed by atoms with E-state index in [9.17, 15) is 4.79 Å². The molecule has 1 aromatic carbocycles. The summed E-state index contributed by atoms with van der Waals surface area (Å²) in [4.78, 5) is 11.2. The van der Waals surface area contributed by atoms with E-state index in [1.54, 1.807) is 18.2 Å². The molecule has 1 aromatic rings.